The average Bonchev–Trinajstić information content (AvgIpc) is 2.63. The van der Waals surface area contributed by atoms with Crippen molar-refractivity contribution in [3.05, 3.63) is 35.9 Å². The van der Waals surface area contributed by atoms with Crippen LogP contribution in [0.1, 0.15) is 18.9 Å². The van der Waals surface area contributed by atoms with Gasteiger partial charge in [-0.2, -0.15) is 0 Å². The largest absolute Gasteiger partial charge is 0.396 e. The second-order valence-corrected chi connectivity index (χ2v) is 4.92. The van der Waals surface area contributed by atoms with Gasteiger partial charge in [-0.3, -0.25) is 4.90 Å². The molecule has 0 aliphatic carbocycles. The molecule has 2 rings (SSSR count). The van der Waals surface area contributed by atoms with Crippen LogP contribution in [-0.2, 0) is 6.54 Å². The summed E-state index contributed by atoms with van der Waals surface area (Å²) in [6.45, 7) is 5.59. The fraction of sp³-hybridized carbons (Fsp3) is 0.538. The third kappa shape index (κ3) is 2.58. The molecule has 1 aromatic rings. The Morgan fingerprint density at radius 2 is 2.07 bits per heavy atom. The molecule has 1 N–H and O–H groups in total. The van der Waals surface area contributed by atoms with Crippen LogP contribution in [0.2, 0.25) is 0 Å². The van der Waals surface area contributed by atoms with Gasteiger partial charge in [-0.1, -0.05) is 37.3 Å². The van der Waals surface area contributed by atoms with Gasteiger partial charge in [0.1, 0.15) is 0 Å². The van der Waals surface area contributed by atoms with Gasteiger partial charge in [-0.05, 0) is 18.5 Å². The second kappa shape index (κ2) is 4.33. The van der Waals surface area contributed by atoms with Gasteiger partial charge in [0.2, 0.25) is 0 Å². The van der Waals surface area contributed by atoms with Crippen molar-refractivity contribution in [1.29, 1.82) is 0 Å². The second-order valence-electron chi connectivity index (χ2n) is 4.92. The Balaban J connectivity index is 1.93. The summed E-state index contributed by atoms with van der Waals surface area (Å²) >= 11 is 0. The smallest absolute Gasteiger partial charge is 0.0497 e. The van der Waals surface area contributed by atoms with Crippen molar-refractivity contribution in [2.75, 3.05) is 19.7 Å². The van der Waals surface area contributed by atoms with E-state index in [0.29, 0.717) is 6.61 Å². The highest BCUT2D eigenvalue weighted by Gasteiger charge is 2.32. The normalized spacial score (nSPS) is 27.1. The van der Waals surface area contributed by atoms with Crippen molar-refractivity contribution in [3.8, 4) is 0 Å². The van der Waals surface area contributed by atoms with E-state index in [1.165, 1.54) is 5.56 Å². The third-order valence-corrected chi connectivity index (χ3v) is 3.27. The van der Waals surface area contributed by atoms with Gasteiger partial charge in [0.15, 0.2) is 0 Å². The Morgan fingerprint density at radius 1 is 1.33 bits per heavy atom. The minimum atomic E-state index is 0.120. The van der Waals surface area contributed by atoms with Crippen molar-refractivity contribution in [2.45, 2.75) is 19.9 Å². The number of aliphatic hydroxyl groups is 1. The number of aliphatic hydroxyl groups excluding tert-OH is 1. The number of likely N-dealkylation sites (tertiary alicyclic amines) is 1. The molecule has 1 atom stereocenters. The number of hydrogen-bond donors (Lipinski definition) is 1. The molecular weight excluding hydrogens is 186 g/mol. The van der Waals surface area contributed by atoms with E-state index in [1.807, 2.05) is 6.07 Å². The molecule has 1 unspecified atom stereocenters. The minimum absolute atomic E-state index is 0.120. The first kappa shape index (κ1) is 10.7. The van der Waals surface area contributed by atoms with Crippen LogP contribution in [-0.4, -0.2) is 29.7 Å². The summed E-state index contributed by atoms with van der Waals surface area (Å²) in [5, 5.41) is 9.28. The summed E-state index contributed by atoms with van der Waals surface area (Å²) in [5.74, 6) is 0. The van der Waals surface area contributed by atoms with Crippen molar-refractivity contribution in [2.24, 2.45) is 5.41 Å². The van der Waals surface area contributed by atoms with Crippen LogP contribution in [0.3, 0.4) is 0 Å². The monoisotopic (exact) mass is 205 g/mol. The highest BCUT2D eigenvalue weighted by molar-refractivity contribution is 5.14. The maximum absolute atomic E-state index is 9.28. The predicted molar refractivity (Wildman–Crippen MR) is 61.5 cm³/mol. The van der Waals surface area contributed by atoms with E-state index in [2.05, 4.69) is 36.1 Å². The summed E-state index contributed by atoms with van der Waals surface area (Å²) in [4.78, 5) is 2.42. The van der Waals surface area contributed by atoms with Crippen LogP contribution in [0.25, 0.3) is 0 Å². The summed E-state index contributed by atoms with van der Waals surface area (Å²) in [7, 11) is 0. The van der Waals surface area contributed by atoms with Crippen LogP contribution in [0.4, 0.5) is 0 Å². The topological polar surface area (TPSA) is 23.5 Å². The van der Waals surface area contributed by atoms with Gasteiger partial charge < -0.3 is 5.11 Å². The van der Waals surface area contributed by atoms with Crippen LogP contribution in [0.15, 0.2) is 30.3 Å². The first-order valence-electron chi connectivity index (χ1n) is 5.59. The molecule has 1 fully saturated rings. The summed E-state index contributed by atoms with van der Waals surface area (Å²) in [6.07, 6.45) is 1.11. The van der Waals surface area contributed by atoms with Crippen molar-refractivity contribution >= 4 is 0 Å². The molecule has 1 heterocycles. The lowest BCUT2D eigenvalue weighted by Gasteiger charge is -2.21. The molecule has 0 radical (unpaired) electrons. The average molecular weight is 205 g/mol. The zero-order valence-electron chi connectivity index (χ0n) is 9.32. The van der Waals surface area contributed by atoms with E-state index >= 15 is 0 Å². The number of hydrogen-bond acceptors (Lipinski definition) is 2. The predicted octanol–water partition coefficient (Wildman–Crippen LogP) is 1.89. The molecule has 2 nitrogen and oxygen atoms in total. The molecule has 1 aromatic carbocycles. The number of benzene rings is 1. The first-order valence-corrected chi connectivity index (χ1v) is 5.59. The minimum Gasteiger partial charge on any atom is -0.396 e. The van der Waals surface area contributed by atoms with Gasteiger partial charge in [-0.15, -0.1) is 0 Å². The number of nitrogens with zero attached hydrogens (tertiary/aromatic N) is 1. The quantitative estimate of drug-likeness (QED) is 0.814. The van der Waals surface area contributed by atoms with Crippen molar-refractivity contribution in [1.82, 2.24) is 4.90 Å². The van der Waals surface area contributed by atoms with Gasteiger partial charge in [0.25, 0.3) is 0 Å². The lowest BCUT2D eigenvalue weighted by atomic mass is 9.91. The van der Waals surface area contributed by atoms with Crippen LogP contribution in [0, 0.1) is 5.41 Å². The Hall–Kier alpha value is -0.860. The molecule has 0 aromatic heterocycles. The molecule has 15 heavy (non-hydrogen) atoms. The lowest BCUT2D eigenvalue weighted by Crippen LogP contribution is -2.27. The van der Waals surface area contributed by atoms with Crippen molar-refractivity contribution < 1.29 is 5.11 Å². The van der Waals surface area contributed by atoms with Gasteiger partial charge in [0.05, 0.1) is 0 Å². The molecule has 1 aliphatic heterocycles. The third-order valence-electron chi connectivity index (χ3n) is 3.27. The van der Waals surface area contributed by atoms with Crippen LogP contribution < -0.4 is 0 Å². The van der Waals surface area contributed by atoms with E-state index in [1.54, 1.807) is 0 Å². The fourth-order valence-corrected chi connectivity index (χ4v) is 2.23. The number of rotatable bonds is 3. The van der Waals surface area contributed by atoms with Gasteiger partial charge >= 0.3 is 0 Å². The molecular formula is C13H19NO. The molecule has 1 aliphatic rings. The molecule has 0 bridgehead atoms. The van der Waals surface area contributed by atoms with E-state index in [-0.39, 0.29) is 5.41 Å². The van der Waals surface area contributed by atoms with E-state index in [4.69, 9.17) is 0 Å². The maximum Gasteiger partial charge on any atom is 0.0497 e. The Morgan fingerprint density at radius 3 is 2.67 bits per heavy atom. The first-order chi connectivity index (χ1) is 7.22. The molecule has 2 heteroatoms. The van der Waals surface area contributed by atoms with Crippen LogP contribution in [0.5, 0.6) is 0 Å². The summed E-state index contributed by atoms with van der Waals surface area (Å²) < 4.78 is 0. The zero-order chi connectivity index (χ0) is 10.7. The van der Waals surface area contributed by atoms with E-state index < -0.39 is 0 Å². The van der Waals surface area contributed by atoms with E-state index in [9.17, 15) is 5.11 Å². The summed E-state index contributed by atoms with van der Waals surface area (Å²) in [6, 6.07) is 10.5. The van der Waals surface area contributed by atoms with Gasteiger partial charge in [-0.25, -0.2) is 0 Å². The Bertz CT molecular complexity index is 312. The Labute approximate surface area is 91.5 Å². The lowest BCUT2D eigenvalue weighted by molar-refractivity contribution is 0.144. The standard InChI is InChI=1S/C13H19NO/c1-13(11-15)7-8-14(10-13)9-12-5-3-2-4-6-12/h2-6,15H,7-11H2,1H3. The van der Waals surface area contributed by atoms with E-state index in [0.717, 1.165) is 26.1 Å². The van der Waals surface area contributed by atoms with Crippen molar-refractivity contribution in [3.63, 3.8) is 0 Å². The molecule has 1 saturated heterocycles. The SMILES string of the molecule is CC1(CO)CCN(Cc2ccccc2)C1. The van der Waals surface area contributed by atoms with Crippen LogP contribution >= 0.6 is 0 Å². The molecule has 0 amide bonds. The van der Waals surface area contributed by atoms with Gasteiger partial charge in [0, 0.05) is 25.1 Å². The maximum atomic E-state index is 9.28. The summed E-state index contributed by atoms with van der Waals surface area (Å²) in [5.41, 5.74) is 1.48. The molecule has 82 valence electrons. The Kier molecular flexibility index (Phi) is 3.08. The highest BCUT2D eigenvalue weighted by Crippen LogP contribution is 2.29. The zero-order valence-corrected chi connectivity index (χ0v) is 9.32. The highest BCUT2D eigenvalue weighted by atomic mass is 16.3. The molecule has 0 spiro atoms. The fourth-order valence-electron chi connectivity index (χ4n) is 2.23. The molecule has 0 saturated carbocycles.